The molecule has 2 heteroatoms. The van der Waals surface area contributed by atoms with Gasteiger partial charge in [-0.2, -0.15) is 0 Å². The molecule has 0 aromatic heterocycles. The first-order valence-electron chi connectivity index (χ1n) is 6.79. The fourth-order valence-electron chi connectivity index (χ4n) is 1.92. The lowest BCUT2D eigenvalue weighted by molar-refractivity contribution is 0.0953. The number of hydrogen-bond acceptors (Lipinski definition) is 1. The minimum atomic E-state index is 0.0409. The third kappa shape index (κ3) is 5.35. The number of carbonyl (C=O) groups excluding carboxylic acids is 1. The number of rotatable bonds is 5. The normalized spacial score (nSPS) is 11.3. The monoisotopic (exact) mass is 247 g/mol. The molecule has 0 heterocycles. The van der Waals surface area contributed by atoms with Crippen LogP contribution in [0.25, 0.3) is 0 Å². The van der Waals surface area contributed by atoms with E-state index in [0.29, 0.717) is 0 Å². The third-order valence-electron chi connectivity index (χ3n) is 2.74. The van der Waals surface area contributed by atoms with Gasteiger partial charge in [0.2, 0.25) is 0 Å². The van der Waals surface area contributed by atoms with E-state index in [-0.39, 0.29) is 11.3 Å². The van der Waals surface area contributed by atoms with Crippen molar-refractivity contribution in [2.24, 2.45) is 5.41 Å². The second-order valence-electron chi connectivity index (χ2n) is 6.05. The summed E-state index contributed by atoms with van der Waals surface area (Å²) >= 11 is 0. The molecule has 2 nitrogen and oxygen atoms in total. The fraction of sp³-hybridized carbons (Fsp3) is 0.562. The summed E-state index contributed by atoms with van der Waals surface area (Å²) in [4.78, 5) is 11.9. The summed E-state index contributed by atoms with van der Waals surface area (Å²) in [5.74, 6) is 0.0409. The maximum absolute atomic E-state index is 11.9. The Kier molecular flexibility index (Phi) is 5.39. The van der Waals surface area contributed by atoms with Crippen molar-refractivity contribution in [3.05, 3.63) is 35.4 Å². The molecule has 18 heavy (non-hydrogen) atoms. The average Bonchev–Trinajstić information content (AvgIpc) is 2.27. The Bertz CT molecular complexity index is 390. The predicted octanol–water partition coefficient (Wildman–Crippen LogP) is 3.81. The van der Waals surface area contributed by atoms with Gasteiger partial charge in [0.1, 0.15) is 0 Å². The Hall–Kier alpha value is -1.31. The molecule has 0 bridgehead atoms. The summed E-state index contributed by atoms with van der Waals surface area (Å²) in [6, 6.07) is 7.95. The Morgan fingerprint density at radius 1 is 1.28 bits per heavy atom. The van der Waals surface area contributed by atoms with Crippen molar-refractivity contribution in [2.75, 3.05) is 6.54 Å². The Balaban J connectivity index is 2.66. The number of benzene rings is 1. The minimum Gasteiger partial charge on any atom is -0.352 e. The van der Waals surface area contributed by atoms with Crippen molar-refractivity contribution in [3.8, 4) is 0 Å². The molecule has 0 saturated heterocycles. The van der Waals surface area contributed by atoms with Crippen LogP contribution in [0.2, 0.25) is 0 Å². The van der Waals surface area contributed by atoms with Crippen molar-refractivity contribution in [1.82, 2.24) is 5.32 Å². The third-order valence-corrected chi connectivity index (χ3v) is 2.74. The number of unbranched alkanes of at least 4 members (excludes halogenated alkanes) is 1. The van der Waals surface area contributed by atoms with Gasteiger partial charge in [-0.25, -0.2) is 0 Å². The molecule has 0 fully saturated rings. The molecule has 100 valence electrons. The van der Waals surface area contributed by atoms with Crippen LogP contribution in [-0.2, 0) is 6.42 Å². The molecule has 0 spiro atoms. The van der Waals surface area contributed by atoms with Crippen LogP contribution in [0.3, 0.4) is 0 Å². The van der Waals surface area contributed by atoms with E-state index in [9.17, 15) is 4.79 Å². The summed E-state index contributed by atoms with van der Waals surface area (Å²) in [6.45, 7) is 9.51. The van der Waals surface area contributed by atoms with E-state index in [4.69, 9.17) is 0 Å². The molecule has 0 unspecified atom stereocenters. The van der Waals surface area contributed by atoms with Gasteiger partial charge in [-0.1, -0.05) is 46.2 Å². The van der Waals surface area contributed by atoms with Gasteiger partial charge in [-0.15, -0.1) is 0 Å². The van der Waals surface area contributed by atoms with Gasteiger partial charge in [-0.3, -0.25) is 4.79 Å². The minimum absolute atomic E-state index is 0.0409. The van der Waals surface area contributed by atoms with Gasteiger partial charge >= 0.3 is 0 Å². The maximum atomic E-state index is 11.9. The molecule has 1 aromatic carbocycles. The van der Waals surface area contributed by atoms with Crippen LogP contribution < -0.4 is 5.32 Å². The van der Waals surface area contributed by atoms with E-state index in [1.54, 1.807) is 0 Å². The van der Waals surface area contributed by atoms with Crippen LogP contribution in [-0.4, -0.2) is 12.5 Å². The number of carbonyl (C=O) groups is 1. The lowest BCUT2D eigenvalue weighted by atomic mass is 9.87. The van der Waals surface area contributed by atoms with Crippen LogP contribution in [0.1, 0.15) is 56.5 Å². The van der Waals surface area contributed by atoms with Crippen LogP contribution >= 0.6 is 0 Å². The average molecular weight is 247 g/mol. The van der Waals surface area contributed by atoms with Crippen molar-refractivity contribution in [3.63, 3.8) is 0 Å². The van der Waals surface area contributed by atoms with Crippen LogP contribution in [0.5, 0.6) is 0 Å². The van der Waals surface area contributed by atoms with Crippen molar-refractivity contribution < 1.29 is 4.79 Å². The summed E-state index contributed by atoms with van der Waals surface area (Å²) in [6.07, 6.45) is 3.13. The molecule has 0 aliphatic heterocycles. The second kappa shape index (κ2) is 6.58. The topological polar surface area (TPSA) is 29.1 Å². The zero-order valence-electron chi connectivity index (χ0n) is 12.0. The molecular formula is C16H25NO. The molecule has 0 radical (unpaired) electrons. The highest BCUT2D eigenvalue weighted by Crippen LogP contribution is 2.21. The molecule has 0 aliphatic carbocycles. The summed E-state index contributed by atoms with van der Waals surface area (Å²) in [5.41, 5.74) is 2.25. The van der Waals surface area contributed by atoms with Gasteiger partial charge < -0.3 is 5.32 Å². The summed E-state index contributed by atoms with van der Waals surface area (Å²) in [7, 11) is 0. The van der Waals surface area contributed by atoms with E-state index in [2.05, 4.69) is 39.1 Å². The van der Waals surface area contributed by atoms with E-state index < -0.39 is 0 Å². The standard InChI is InChI=1S/C16H25NO/c1-5-6-10-17-15(18)14-9-7-8-13(11-14)12-16(2,3)4/h7-9,11H,5-6,10,12H2,1-4H3,(H,17,18). The summed E-state index contributed by atoms with van der Waals surface area (Å²) in [5, 5.41) is 2.95. The quantitative estimate of drug-likeness (QED) is 0.788. The highest BCUT2D eigenvalue weighted by atomic mass is 16.1. The van der Waals surface area contributed by atoms with E-state index in [1.165, 1.54) is 5.56 Å². The maximum Gasteiger partial charge on any atom is 0.251 e. The van der Waals surface area contributed by atoms with Crippen LogP contribution in [0, 0.1) is 5.41 Å². The first-order valence-corrected chi connectivity index (χ1v) is 6.79. The zero-order chi connectivity index (χ0) is 13.6. The van der Waals surface area contributed by atoms with Gasteiger partial charge in [-0.05, 0) is 36.0 Å². The van der Waals surface area contributed by atoms with Crippen molar-refractivity contribution in [1.29, 1.82) is 0 Å². The molecule has 0 atom stereocenters. The lowest BCUT2D eigenvalue weighted by Gasteiger charge is -2.18. The molecular weight excluding hydrogens is 222 g/mol. The largest absolute Gasteiger partial charge is 0.352 e. The van der Waals surface area contributed by atoms with Crippen molar-refractivity contribution >= 4 is 5.91 Å². The molecule has 1 amide bonds. The predicted molar refractivity (Wildman–Crippen MR) is 76.8 cm³/mol. The van der Waals surface area contributed by atoms with Gasteiger partial charge in [0.15, 0.2) is 0 Å². The van der Waals surface area contributed by atoms with Crippen molar-refractivity contribution in [2.45, 2.75) is 47.0 Å². The first-order chi connectivity index (χ1) is 8.42. The molecule has 1 aromatic rings. The summed E-state index contributed by atoms with van der Waals surface area (Å²) < 4.78 is 0. The first kappa shape index (κ1) is 14.7. The van der Waals surface area contributed by atoms with Crippen LogP contribution in [0.15, 0.2) is 24.3 Å². The zero-order valence-corrected chi connectivity index (χ0v) is 12.0. The molecule has 1 rings (SSSR count). The molecule has 0 aliphatic rings. The number of amides is 1. The lowest BCUT2D eigenvalue weighted by Crippen LogP contribution is -2.24. The van der Waals surface area contributed by atoms with E-state index in [1.807, 2.05) is 18.2 Å². The second-order valence-corrected chi connectivity index (χ2v) is 6.05. The van der Waals surface area contributed by atoms with Gasteiger partial charge in [0.25, 0.3) is 5.91 Å². The smallest absolute Gasteiger partial charge is 0.251 e. The van der Waals surface area contributed by atoms with E-state index >= 15 is 0 Å². The van der Waals surface area contributed by atoms with Gasteiger partial charge in [0, 0.05) is 12.1 Å². The molecule has 0 saturated carbocycles. The Labute approximate surface area is 111 Å². The Morgan fingerprint density at radius 3 is 2.61 bits per heavy atom. The van der Waals surface area contributed by atoms with E-state index in [0.717, 1.165) is 31.4 Å². The fourth-order valence-corrected chi connectivity index (χ4v) is 1.92. The van der Waals surface area contributed by atoms with Gasteiger partial charge in [0.05, 0.1) is 0 Å². The molecule has 1 N–H and O–H groups in total. The highest BCUT2D eigenvalue weighted by molar-refractivity contribution is 5.94. The number of hydrogen-bond donors (Lipinski definition) is 1. The number of nitrogens with one attached hydrogen (secondary N) is 1. The SMILES string of the molecule is CCCCNC(=O)c1cccc(CC(C)(C)C)c1. The highest BCUT2D eigenvalue weighted by Gasteiger charge is 2.12. The Morgan fingerprint density at radius 2 is 2.00 bits per heavy atom. The van der Waals surface area contributed by atoms with Crippen LogP contribution in [0.4, 0.5) is 0 Å².